The van der Waals surface area contributed by atoms with Crippen LogP contribution in [0.25, 0.3) is 21.8 Å². The molecule has 0 spiro atoms. The molecule has 116 valence electrons. The number of aryl methyl sites for hydroxylation is 1. The topological polar surface area (TPSA) is 34.4 Å². The van der Waals surface area contributed by atoms with Gasteiger partial charge in [0.05, 0.1) is 6.61 Å². The molecule has 3 rings (SSSR count). The smallest absolute Gasteiger partial charge is 0.394 e. The minimum absolute atomic E-state index is 0.0576. The fourth-order valence-electron chi connectivity index (χ4n) is 2.84. The third kappa shape index (κ3) is 2.52. The van der Waals surface area contributed by atoms with Crippen LogP contribution in [0, 0.1) is 0 Å². The molecule has 22 heavy (non-hydrogen) atoms. The van der Waals surface area contributed by atoms with Crippen molar-refractivity contribution >= 4 is 21.8 Å². The number of fused-ring (bicyclic) bond motifs is 3. The number of aliphatic hydroxyl groups excluding tert-OH is 1. The molecule has 3 aromatic rings. The summed E-state index contributed by atoms with van der Waals surface area (Å²) in [4.78, 5) is 0. The van der Waals surface area contributed by atoms with Crippen LogP contribution in [0.1, 0.15) is 19.4 Å². The van der Waals surface area contributed by atoms with Gasteiger partial charge in [-0.2, -0.15) is 8.78 Å². The van der Waals surface area contributed by atoms with E-state index in [1.165, 1.54) is 0 Å². The summed E-state index contributed by atoms with van der Waals surface area (Å²) < 4.78 is 32.9. The van der Waals surface area contributed by atoms with Crippen molar-refractivity contribution < 1.29 is 18.6 Å². The summed E-state index contributed by atoms with van der Waals surface area (Å²) in [6.45, 7) is 3.46. The Morgan fingerprint density at radius 2 is 1.73 bits per heavy atom. The van der Waals surface area contributed by atoms with Gasteiger partial charge in [-0.25, -0.2) is 0 Å². The van der Waals surface area contributed by atoms with E-state index >= 15 is 0 Å². The number of hydrogen-bond donors (Lipinski definition) is 1. The second-order valence-electron chi connectivity index (χ2n) is 5.34. The molecule has 0 aliphatic carbocycles. The van der Waals surface area contributed by atoms with Gasteiger partial charge in [0.25, 0.3) is 0 Å². The van der Waals surface area contributed by atoms with Crippen LogP contribution in [0.15, 0.2) is 36.4 Å². The quantitative estimate of drug-likeness (QED) is 0.780. The van der Waals surface area contributed by atoms with Gasteiger partial charge in [-0.1, -0.05) is 6.07 Å². The highest BCUT2D eigenvalue weighted by Crippen LogP contribution is 2.33. The first-order valence-electron chi connectivity index (χ1n) is 7.15. The van der Waals surface area contributed by atoms with E-state index < -0.39 is 6.11 Å². The molecule has 0 aliphatic rings. The van der Waals surface area contributed by atoms with E-state index in [1.807, 2.05) is 25.1 Å². The molecular formula is C17H17F2NO2. The summed E-state index contributed by atoms with van der Waals surface area (Å²) in [5, 5.41) is 11.1. The van der Waals surface area contributed by atoms with E-state index in [0.29, 0.717) is 0 Å². The fraction of sp³-hybridized carbons (Fsp3) is 0.294. The molecule has 1 heterocycles. The second-order valence-corrected chi connectivity index (χ2v) is 5.34. The summed E-state index contributed by atoms with van der Waals surface area (Å²) in [6, 6.07) is 10.7. The molecule has 1 aromatic heterocycles. The molecule has 0 unspecified atom stereocenters. The van der Waals surface area contributed by atoms with Gasteiger partial charge >= 0.3 is 6.11 Å². The highest BCUT2D eigenvalue weighted by Gasteiger charge is 2.23. The van der Waals surface area contributed by atoms with E-state index in [4.69, 9.17) is 0 Å². The van der Waals surface area contributed by atoms with Gasteiger partial charge in [0, 0.05) is 35.3 Å². The zero-order chi connectivity index (χ0) is 15.9. The van der Waals surface area contributed by atoms with Crippen LogP contribution >= 0.6 is 0 Å². The number of benzene rings is 2. The second kappa shape index (κ2) is 5.25. The molecule has 0 aliphatic heterocycles. The Hall–Kier alpha value is -2.14. The number of aliphatic hydroxyl groups is 1. The number of nitrogens with zero attached hydrogens (tertiary/aromatic N) is 1. The van der Waals surface area contributed by atoms with Gasteiger partial charge in [-0.15, -0.1) is 0 Å². The maximum atomic E-state index is 13.1. The Labute approximate surface area is 126 Å². The highest BCUT2D eigenvalue weighted by atomic mass is 19.3. The predicted molar refractivity (Wildman–Crippen MR) is 82.3 cm³/mol. The number of aromatic nitrogens is 1. The number of hydrogen-bond acceptors (Lipinski definition) is 2. The average Bonchev–Trinajstić information content (AvgIpc) is 2.78. The van der Waals surface area contributed by atoms with E-state index in [0.717, 1.165) is 40.8 Å². The monoisotopic (exact) mass is 305 g/mol. The molecule has 0 radical (unpaired) electrons. The van der Waals surface area contributed by atoms with Gasteiger partial charge in [0.15, 0.2) is 0 Å². The number of rotatable bonds is 4. The molecule has 0 atom stereocenters. The summed E-state index contributed by atoms with van der Waals surface area (Å²) in [5.41, 5.74) is 2.75. The lowest BCUT2D eigenvalue weighted by atomic mass is 10.1. The van der Waals surface area contributed by atoms with Crippen LogP contribution in [-0.2, 0) is 13.2 Å². The Bertz CT molecular complexity index is 834. The highest BCUT2D eigenvalue weighted by molar-refractivity contribution is 6.08. The lowest BCUT2D eigenvalue weighted by Crippen LogP contribution is -2.18. The van der Waals surface area contributed by atoms with Gasteiger partial charge in [-0.3, -0.25) is 0 Å². The van der Waals surface area contributed by atoms with Crippen molar-refractivity contribution in [2.75, 3.05) is 0 Å². The third-order valence-corrected chi connectivity index (χ3v) is 3.70. The normalized spacial score (nSPS) is 12.2. The van der Waals surface area contributed by atoms with Gasteiger partial charge in [0.1, 0.15) is 5.75 Å². The first-order chi connectivity index (χ1) is 10.4. The maximum Gasteiger partial charge on any atom is 0.394 e. The summed E-state index contributed by atoms with van der Waals surface area (Å²) >= 11 is 0. The van der Waals surface area contributed by atoms with E-state index in [-0.39, 0.29) is 12.4 Å². The van der Waals surface area contributed by atoms with Crippen LogP contribution in [0.3, 0.4) is 0 Å². The van der Waals surface area contributed by atoms with E-state index in [2.05, 4.69) is 9.30 Å². The van der Waals surface area contributed by atoms with Crippen molar-refractivity contribution in [1.82, 2.24) is 4.57 Å². The van der Waals surface area contributed by atoms with Crippen molar-refractivity contribution in [3.8, 4) is 5.75 Å². The third-order valence-electron chi connectivity index (χ3n) is 3.70. The SMILES string of the molecule is CCn1c2ccc(CO)cc2c2cc(OC(C)(F)F)ccc21. The van der Waals surface area contributed by atoms with E-state index in [1.54, 1.807) is 18.2 Å². The summed E-state index contributed by atoms with van der Waals surface area (Å²) in [5.74, 6) is 0.129. The van der Waals surface area contributed by atoms with Crippen molar-refractivity contribution in [3.63, 3.8) is 0 Å². The van der Waals surface area contributed by atoms with Crippen LogP contribution in [0.5, 0.6) is 5.75 Å². The van der Waals surface area contributed by atoms with Crippen LogP contribution < -0.4 is 4.74 Å². The van der Waals surface area contributed by atoms with E-state index in [9.17, 15) is 13.9 Å². The zero-order valence-electron chi connectivity index (χ0n) is 12.4. The fourth-order valence-corrected chi connectivity index (χ4v) is 2.84. The van der Waals surface area contributed by atoms with Crippen molar-refractivity contribution in [2.45, 2.75) is 33.1 Å². The average molecular weight is 305 g/mol. The Morgan fingerprint density at radius 1 is 1.09 bits per heavy atom. The molecule has 0 bridgehead atoms. The summed E-state index contributed by atoms with van der Waals surface area (Å²) in [7, 11) is 0. The van der Waals surface area contributed by atoms with Crippen molar-refractivity contribution in [2.24, 2.45) is 0 Å². The van der Waals surface area contributed by atoms with Crippen molar-refractivity contribution in [1.29, 1.82) is 0 Å². The molecule has 0 amide bonds. The zero-order valence-corrected chi connectivity index (χ0v) is 12.4. The number of ether oxygens (including phenoxy) is 1. The van der Waals surface area contributed by atoms with Crippen LogP contribution in [-0.4, -0.2) is 15.8 Å². The summed E-state index contributed by atoms with van der Waals surface area (Å²) in [6.07, 6.45) is -3.22. The molecule has 0 saturated heterocycles. The van der Waals surface area contributed by atoms with Crippen LogP contribution in [0.4, 0.5) is 8.78 Å². The minimum Gasteiger partial charge on any atom is -0.433 e. The molecule has 0 fully saturated rings. The first kappa shape index (κ1) is 14.8. The molecule has 0 saturated carbocycles. The molecule has 2 aromatic carbocycles. The Balaban J connectivity index is 2.27. The predicted octanol–water partition coefficient (Wildman–Crippen LogP) is 4.30. The van der Waals surface area contributed by atoms with Gasteiger partial charge < -0.3 is 14.4 Å². The lowest BCUT2D eigenvalue weighted by molar-refractivity contribution is -0.158. The van der Waals surface area contributed by atoms with Crippen molar-refractivity contribution in [3.05, 3.63) is 42.0 Å². The Morgan fingerprint density at radius 3 is 2.32 bits per heavy atom. The molecule has 3 nitrogen and oxygen atoms in total. The molecule has 1 N–H and O–H groups in total. The minimum atomic E-state index is -3.22. The maximum absolute atomic E-state index is 13.1. The first-order valence-corrected chi connectivity index (χ1v) is 7.15. The van der Waals surface area contributed by atoms with Gasteiger partial charge in [0.2, 0.25) is 0 Å². The largest absolute Gasteiger partial charge is 0.433 e. The van der Waals surface area contributed by atoms with Gasteiger partial charge in [-0.05, 0) is 42.8 Å². The van der Waals surface area contributed by atoms with Crippen LogP contribution in [0.2, 0.25) is 0 Å². The number of alkyl halides is 2. The molecule has 5 heteroatoms. The number of halogens is 2. The standard InChI is InChI=1S/C17H17F2NO2/c1-3-20-15-6-4-11(10-21)8-13(15)14-9-12(5-7-16(14)20)22-17(2,18)19/h4-9,21H,3,10H2,1-2H3. The molecular weight excluding hydrogens is 288 g/mol. The Kier molecular flexibility index (Phi) is 3.53. The lowest BCUT2D eigenvalue weighted by Gasteiger charge is -2.13.